The Morgan fingerprint density at radius 3 is 2.89 bits per heavy atom. The van der Waals surface area contributed by atoms with Crippen molar-refractivity contribution < 1.29 is 14.6 Å². The second-order valence-corrected chi connectivity index (χ2v) is 3.78. The molecule has 0 saturated carbocycles. The fourth-order valence-electron chi connectivity index (χ4n) is 1.66. The van der Waals surface area contributed by atoms with Gasteiger partial charge in [0.15, 0.2) is 0 Å². The third kappa shape index (κ3) is 2.55. The standard InChI is InChI=1S/C14H13NO3/c1-18-14(17)12-5-6-15-13(8-12)11-4-2-3-10(7-11)9-16/h2-8,16H,9H2,1H3. The third-order valence-corrected chi connectivity index (χ3v) is 2.59. The smallest absolute Gasteiger partial charge is 0.337 e. The van der Waals surface area contributed by atoms with Gasteiger partial charge in [-0.2, -0.15) is 0 Å². The third-order valence-electron chi connectivity index (χ3n) is 2.59. The summed E-state index contributed by atoms with van der Waals surface area (Å²) < 4.78 is 4.67. The zero-order chi connectivity index (χ0) is 13.0. The number of benzene rings is 1. The van der Waals surface area contributed by atoms with Gasteiger partial charge in [-0.25, -0.2) is 4.79 Å². The van der Waals surface area contributed by atoms with Crippen LogP contribution in [0.2, 0.25) is 0 Å². The summed E-state index contributed by atoms with van der Waals surface area (Å²) in [6.45, 7) is -0.0233. The van der Waals surface area contributed by atoms with Crippen LogP contribution in [0.3, 0.4) is 0 Å². The molecule has 0 fully saturated rings. The van der Waals surface area contributed by atoms with E-state index in [1.807, 2.05) is 24.3 Å². The average Bonchev–Trinajstić information content (AvgIpc) is 2.46. The molecule has 92 valence electrons. The van der Waals surface area contributed by atoms with E-state index in [1.54, 1.807) is 18.3 Å². The van der Waals surface area contributed by atoms with Crippen LogP contribution in [-0.2, 0) is 11.3 Å². The zero-order valence-electron chi connectivity index (χ0n) is 9.96. The van der Waals surface area contributed by atoms with Crippen LogP contribution in [0.4, 0.5) is 0 Å². The summed E-state index contributed by atoms with van der Waals surface area (Å²) in [6.07, 6.45) is 1.56. The van der Waals surface area contributed by atoms with Crippen LogP contribution in [0, 0.1) is 0 Å². The van der Waals surface area contributed by atoms with Gasteiger partial charge in [0.1, 0.15) is 0 Å². The quantitative estimate of drug-likeness (QED) is 0.838. The number of carbonyl (C=O) groups excluding carboxylic acids is 1. The van der Waals surface area contributed by atoms with Crippen molar-refractivity contribution >= 4 is 5.97 Å². The number of hydrogen-bond donors (Lipinski definition) is 1. The molecule has 0 aliphatic heterocycles. The topological polar surface area (TPSA) is 59.4 Å². The minimum atomic E-state index is -0.392. The van der Waals surface area contributed by atoms with E-state index in [-0.39, 0.29) is 6.61 Å². The largest absolute Gasteiger partial charge is 0.465 e. The molecule has 4 heteroatoms. The van der Waals surface area contributed by atoms with Gasteiger partial charge in [0.25, 0.3) is 0 Å². The second kappa shape index (κ2) is 5.42. The highest BCUT2D eigenvalue weighted by Crippen LogP contribution is 2.19. The van der Waals surface area contributed by atoms with E-state index >= 15 is 0 Å². The summed E-state index contributed by atoms with van der Waals surface area (Å²) in [4.78, 5) is 15.6. The molecule has 1 aromatic carbocycles. The summed E-state index contributed by atoms with van der Waals surface area (Å²) in [5, 5.41) is 9.10. The second-order valence-electron chi connectivity index (χ2n) is 3.78. The molecular weight excluding hydrogens is 230 g/mol. The Morgan fingerprint density at radius 2 is 2.17 bits per heavy atom. The van der Waals surface area contributed by atoms with E-state index in [9.17, 15) is 4.79 Å². The van der Waals surface area contributed by atoms with Gasteiger partial charge in [0.05, 0.1) is 25.0 Å². The van der Waals surface area contributed by atoms with Crippen molar-refractivity contribution in [2.75, 3.05) is 7.11 Å². The van der Waals surface area contributed by atoms with Crippen LogP contribution in [-0.4, -0.2) is 23.2 Å². The van der Waals surface area contributed by atoms with Crippen LogP contribution in [0.5, 0.6) is 0 Å². The number of aromatic nitrogens is 1. The van der Waals surface area contributed by atoms with Gasteiger partial charge < -0.3 is 9.84 Å². The SMILES string of the molecule is COC(=O)c1ccnc(-c2cccc(CO)c2)c1. The lowest BCUT2D eigenvalue weighted by atomic mass is 10.1. The van der Waals surface area contributed by atoms with Gasteiger partial charge in [-0.1, -0.05) is 18.2 Å². The van der Waals surface area contributed by atoms with Crippen LogP contribution in [0.15, 0.2) is 42.6 Å². The van der Waals surface area contributed by atoms with Gasteiger partial charge in [0.2, 0.25) is 0 Å². The number of esters is 1. The van der Waals surface area contributed by atoms with E-state index in [4.69, 9.17) is 5.11 Å². The molecule has 4 nitrogen and oxygen atoms in total. The molecule has 2 rings (SSSR count). The average molecular weight is 243 g/mol. The van der Waals surface area contributed by atoms with E-state index < -0.39 is 5.97 Å². The fourth-order valence-corrected chi connectivity index (χ4v) is 1.66. The van der Waals surface area contributed by atoms with Crippen molar-refractivity contribution in [3.63, 3.8) is 0 Å². The lowest BCUT2D eigenvalue weighted by molar-refractivity contribution is 0.0600. The van der Waals surface area contributed by atoms with Gasteiger partial charge >= 0.3 is 5.97 Å². The predicted octanol–water partition coefficient (Wildman–Crippen LogP) is 2.03. The van der Waals surface area contributed by atoms with Crippen LogP contribution in [0.25, 0.3) is 11.3 Å². The number of pyridine rings is 1. The molecule has 0 bridgehead atoms. The summed E-state index contributed by atoms with van der Waals surface area (Å²) in [7, 11) is 1.34. The summed E-state index contributed by atoms with van der Waals surface area (Å²) in [5.41, 5.74) is 2.79. The summed E-state index contributed by atoms with van der Waals surface area (Å²) in [6, 6.07) is 10.7. The lowest BCUT2D eigenvalue weighted by Crippen LogP contribution is -2.01. The van der Waals surface area contributed by atoms with Crippen molar-refractivity contribution in [3.8, 4) is 11.3 Å². The predicted molar refractivity (Wildman–Crippen MR) is 66.9 cm³/mol. The zero-order valence-corrected chi connectivity index (χ0v) is 9.96. The minimum absolute atomic E-state index is 0.0233. The van der Waals surface area contributed by atoms with Gasteiger partial charge in [0, 0.05) is 11.8 Å². The Kier molecular flexibility index (Phi) is 3.69. The molecule has 0 aliphatic carbocycles. The van der Waals surface area contributed by atoms with Crippen molar-refractivity contribution in [2.45, 2.75) is 6.61 Å². The van der Waals surface area contributed by atoms with Crippen LogP contribution < -0.4 is 0 Å². The fraction of sp³-hybridized carbons (Fsp3) is 0.143. The molecule has 0 unspecified atom stereocenters. The first-order chi connectivity index (χ1) is 8.74. The number of methoxy groups -OCH3 is 1. The molecule has 18 heavy (non-hydrogen) atoms. The Hall–Kier alpha value is -2.20. The maximum atomic E-state index is 11.4. The van der Waals surface area contributed by atoms with E-state index in [0.29, 0.717) is 11.3 Å². The van der Waals surface area contributed by atoms with E-state index in [2.05, 4.69) is 9.72 Å². The molecule has 0 aliphatic rings. The summed E-state index contributed by atoms with van der Waals surface area (Å²) in [5.74, 6) is -0.392. The molecular formula is C14H13NO3. The molecule has 0 atom stereocenters. The number of nitrogens with zero attached hydrogens (tertiary/aromatic N) is 1. The maximum absolute atomic E-state index is 11.4. The number of rotatable bonds is 3. The van der Waals surface area contributed by atoms with Crippen LogP contribution >= 0.6 is 0 Å². The normalized spacial score (nSPS) is 10.1. The van der Waals surface area contributed by atoms with Crippen molar-refractivity contribution in [1.82, 2.24) is 4.98 Å². The number of ether oxygens (including phenoxy) is 1. The Bertz CT molecular complexity index is 566. The number of hydrogen-bond acceptors (Lipinski definition) is 4. The van der Waals surface area contributed by atoms with Crippen LogP contribution in [0.1, 0.15) is 15.9 Å². The van der Waals surface area contributed by atoms with E-state index in [1.165, 1.54) is 7.11 Å². The highest BCUT2D eigenvalue weighted by atomic mass is 16.5. The first-order valence-electron chi connectivity index (χ1n) is 5.49. The first-order valence-corrected chi connectivity index (χ1v) is 5.49. The summed E-state index contributed by atoms with van der Waals surface area (Å²) >= 11 is 0. The van der Waals surface area contributed by atoms with Crippen molar-refractivity contribution in [1.29, 1.82) is 0 Å². The van der Waals surface area contributed by atoms with E-state index in [0.717, 1.165) is 11.1 Å². The first kappa shape index (κ1) is 12.3. The highest BCUT2D eigenvalue weighted by Gasteiger charge is 2.07. The van der Waals surface area contributed by atoms with Crippen molar-refractivity contribution in [2.24, 2.45) is 0 Å². The minimum Gasteiger partial charge on any atom is -0.465 e. The molecule has 0 spiro atoms. The molecule has 1 aromatic heterocycles. The molecule has 0 amide bonds. The molecule has 2 aromatic rings. The monoisotopic (exact) mass is 243 g/mol. The maximum Gasteiger partial charge on any atom is 0.337 e. The van der Waals surface area contributed by atoms with Gasteiger partial charge in [-0.15, -0.1) is 0 Å². The Morgan fingerprint density at radius 1 is 1.33 bits per heavy atom. The molecule has 0 radical (unpaired) electrons. The number of carbonyl (C=O) groups is 1. The number of aliphatic hydroxyl groups is 1. The lowest BCUT2D eigenvalue weighted by Gasteiger charge is -2.05. The Labute approximate surface area is 105 Å². The molecule has 0 saturated heterocycles. The molecule has 1 N–H and O–H groups in total. The van der Waals surface area contributed by atoms with Gasteiger partial charge in [-0.3, -0.25) is 4.98 Å². The highest BCUT2D eigenvalue weighted by molar-refractivity contribution is 5.90. The molecule has 1 heterocycles. The van der Waals surface area contributed by atoms with Gasteiger partial charge in [-0.05, 0) is 23.8 Å². The number of aliphatic hydroxyl groups excluding tert-OH is 1. The Balaban J connectivity index is 2.41. The van der Waals surface area contributed by atoms with Crippen molar-refractivity contribution in [3.05, 3.63) is 53.7 Å².